The number of aromatic carboxylic acids is 1. The zero-order valence-electron chi connectivity index (χ0n) is 14.1. The minimum Gasteiger partial charge on any atom is -0.478 e. The Hall–Kier alpha value is -3.43. The minimum atomic E-state index is -1.48. The van der Waals surface area contributed by atoms with E-state index in [1.54, 1.807) is 17.8 Å². The zero-order valence-corrected chi connectivity index (χ0v) is 14.1. The number of aromatic nitrogens is 3. The number of imidazole rings is 1. The third-order valence-corrected chi connectivity index (χ3v) is 3.80. The van der Waals surface area contributed by atoms with Gasteiger partial charge in [-0.1, -0.05) is 11.5 Å². The highest BCUT2D eigenvalue weighted by Crippen LogP contribution is 2.24. The zero-order chi connectivity index (χ0) is 19.7. The van der Waals surface area contributed by atoms with E-state index in [1.807, 2.05) is 0 Å². The second kappa shape index (κ2) is 7.06. The van der Waals surface area contributed by atoms with Gasteiger partial charge in [0.05, 0.1) is 29.9 Å². The molecule has 0 aliphatic heterocycles. The van der Waals surface area contributed by atoms with Crippen LogP contribution in [-0.2, 0) is 13.6 Å². The van der Waals surface area contributed by atoms with E-state index < -0.39 is 34.4 Å². The van der Waals surface area contributed by atoms with Crippen molar-refractivity contribution in [3.8, 4) is 0 Å². The molecule has 7 nitrogen and oxygen atoms in total. The molecule has 3 aromatic rings. The van der Waals surface area contributed by atoms with Gasteiger partial charge in [0, 0.05) is 19.4 Å². The van der Waals surface area contributed by atoms with Gasteiger partial charge in [-0.05, 0) is 12.1 Å². The first-order valence-electron chi connectivity index (χ1n) is 7.71. The molecule has 0 atom stereocenters. The van der Waals surface area contributed by atoms with E-state index >= 15 is 0 Å². The quantitative estimate of drug-likeness (QED) is 0.658. The van der Waals surface area contributed by atoms with E-state index in [4.69, 9.17) is 7.85 Å². The van der Waals surface area contributed by atoms with Gasteiger partial charge in [-0.2, -0.15) is 4.39 Å². The number of carbonyl (C=O) groups is 1. The SMILES string of the molecule is [B]c1ccc(Nc2c(C(=O)O)cn(Cc3cn(C)cn3)c(=O)c2F)c(F)c1. The van der Waals surface area contributed by atoms with Crippen LogP contribution in [0.5, 0.6) is 0 Å². The van der Waals surface area contributed by atoms with Gasteiger partial charge in [-0.15, -0.1) is 0 Å². The number of anilines is 2. The number of nitrogens with zero attached hydrogens (tertiary/aromatic N) is 3. The first-order valence-corrected chi connectivity index (χ1v) is 7.71. The van der Waals surface area contributed by atoms with Crippen molar-refractivity contribution in [2.45, 2.75) is 6.54 Å². The van der Waals surface area contributed by atoms with Crippen LogP contribution >= 0.6 is 0 Å². The highest BCUT2D eigenvalue weighted by Gasteiger charge is 2.22. The van der Waals surface area contributed by atoms with Crippen LogP contribution in [-0.4, -0.2) is 33.0 Å². The molecule has 2 aromatic heterocycles. The first-order chi connectivity index (χ1) is 12.8. The second-order valence-corrected chi connectivity index (χ2v) is 5.86. The standard InChI is InChI=1S/C17H13BF2N4O3/c1-23-5-10(21-8-23)6-24-7-11(17(26)27)15(14(20)16(24)25)22-13-3-2-9(18)4-12(13)19/h2-5,7-8,22H,6H2,1H3,(H,26,27). The van der Waals surface area contributed by atoms with Gasteiger partial charge in [0.15, 0.2) is 0 Å². The molecular weight excluding hydrogens is 357 g/mol. The lowest BCUT2D eigenvalue weighted by Crippen LogP contribution is -2.27. The van der Waals surface area contributed by atoms with Crippen molar-refractivity contribution in [3.63, 3.8) is 0 Å². The number of halogens is 2. The predicted octanol–water partition coefficient (Wildman–Crippen LogP) is 1.14. The van der Waals surface area contributed by atoms with Gasteiger partial charge in [0.25, 0.3) is 5.56 Å². The summed E-state index contributed by atoms with van der Waals surface area (Å²) in [6.07, 6.45) is 4.09. The normalized spacial score (nSPS) is 10.8. The summed E-state index contributed by atoms with van der Waals surface area (Å²) in [5.41, 5.74) is -1.85. The second-order valence-electron chi connectivity index (χ2n) is 5.86. The summed E-state index contributed by atoms with van der Waals surface area (Å²) in [5.74, 6) is -3.65. The molecule has 2 heterocycles. The van der Waals surface area contributed by atoms with Gasteiger partial charge in [0.2, 0.25) is 5.82 Å². The van der Waals surface area contributed by atoms with Gasteiger partial charge in [-0.25, -0.2) is 14.2 Å². The summed E-state index contributed by atoms with van der Waals surface area (Å²) in [7, 11) is 7.17. The summed E-state index contributed by atoms with van der Waals surface area (Å²) in [6.45, 7) is -0.118. The van der Waals surface area contributed by atoms with Gasteiger partial charge >= 0.3 is 5.97 Å². The van der Waals surface area contributed by atoms with Crippen molar-refractivity contribution in [2.75, 3.05) is 5.32 Å². The molecule has 2 radical (unpaired) electrons. The summed E-state index contributed by atoms with van der Waals surface area (Å²) in [6, 6.07) is 3.56. The highest BCUT2D eigenvalue weighted by atomic mass is 19.1. The van der Waals surface area contributed by atoms with Crippen molar-refractivity contribution >= 4 is 30.7 Å². The van der Waals surface area contributed by atoms with Gasteiger partial charge < -0.3 is 19.6 Å². The molecule has 0 amide bonds. The Kier molecular flexibility index (Phi) is 4.80. The fourth-order valence-electron chi connectivity index (χ4n) is 2.52. The Morgan fingerprint density at radius 3 is 2.67 bits per heavy atom. The highest BCUT2D eigenvalue weighted by molar-refractivity contribution is 6.32. The molecule has 1 aromatic carbocycles. The van der Waals surface area contributed by atoms with E-state index in [0.717, 1.165) is 16.8 Å². The third-order valence-electron chi connectivity index (χ3n) is 3.80. The number of carboxylic acid groups (broad SMARTS) is 1. The molecule has 2 N–H and O–H groups in total. The van der Waals surface area contributed by atoms with E-state index in [-0.39, 0.29) is 17.7 Å². The summed E-state index contributed by atoms with van der Waals surface area (Å²) < 4.78 is 31.1. The Bertz CT molecular complexity index is 1090. The number of hydrogen-bond donors (Lipinski definition) is 2. The molecule has 27 heavy (non-hydrogen) atoms. The van der Waals surface area contributed by atoms with Crippen molar-refractivity contribution in [2.24, 2.45) is 7.05 Å². The molecule has 10 heteroatoms. The van der Waals surface area contributed by atoms with Crippen LogP contribution in [0.4, 0.5) is 20.2 Å². The largest absolute Gasteiger partial charge is 0.478 e. The third kappa shape index (κ3) is 3.74. The number of benzene rings is 1. The average Bonchev–Trinajstić information content (AvgIpc) is 3.01. The van der Waals surface area contributed by atoms with E-state index in [1.165, 1.54) is 18.5 Å². The van der Waals surface area contributed by atoms with Crippen LogP contribution in [0, 0.1) is 11.6 Å². The van der Waals surface area contributed by atoms with Crippen molar-refractivity contribution in [1.82, 2.24) is 14.1 Å². The number of pyridine rings is 1. The monoisotopic (exact) mass is 370 g/mol. The van der Waals surface area contributed by atoms with Crippen molar-refractivity contribution in [3.05, 3.63) is 70.2 Å². The van der Waals surface area contributed by atoms with Crippen LogP contribution in [0.15, 0.2) is 41.7 Å². The predicted molar refractivity (Wildman–Crippen MR) is 95.0 cm³/mol. The molecule has 0 saturated carbocycles. The van der Waals surface area contributed by atoms with E-state index in [2.05, 4.69) is 10.3 Å². The van der Waals surface area contributed by atoms with Crippen LogP contribution in [0.3, 0.4) is 0 Å². The molecule has 0 spiro atoms. The fraction of sp³-hybridized carbons (Fsp3) is 0.118. The lowest BCUT2D eigenvalue weighted by Gasteiger charge is -2.14. The maximum absolute atomic E-state index is 14.7. The minimum absolute atomic E-state index is 0.118. The van der Waals surface area contributed by atoms with E-state index in [9.17, 15) is 23.5 Å². The Morgan fingerprint density at radius 2 is 2.07 bits per heavy atom. The smallest absolute Gasteiger partial charge is 0.339 e. The van der Waals surface area contributed by atoms with Crippen LogP contribution < -0.4 is 16.3 Å². The molecule has 3 rings (SSSR count). The van der Waals surface area contributed by atoms with Crippen molar-refractivity contribution < 1.29 is 18.7 Å². The lowest BCUT2D eigenvalue weighted by atomic mass is 9.96. The Morgan fingerprint density at radius 1 is 1.33 bits per heavy atom. The number of rotatable bonds is 5. The van der Waals surface area contributed by atoms with Crippen molar-refractivity contribution in [1.29, 1.82) is 0 Å². The lowest BCUT2D eigenvalue weighted by molar-refractivity contribution is 0.0696. The van der Waals surface area contributed by atoms with Crippen LogP contribution in [0.2, 0.25) is 0 Å². The molecule has 136 valence electrons. The number of nitrogens with one attached hydrogen (secondary N) is 1. The number of aryl methyl sites for hydroxylation is 1. The molecule has 0 aliphatic carbocycles. The Balaban J connectivity index is 2.07. The summed E-state index contributed by atoms with van der Waals surface area (Å²) in [5, 5.41) is 11.7. The van der Waals surface area contributed by atoms with Gasteiger partial charge in [0.1, 0.15) is 19.2 Å². The molecule has 0 bridgehead atoms. The molecule has 0 fully saturated rings. The maximum atomic E-state index is 14.7. The summed E-state index contributed by atoms with van der Waals surface area (Å²) >= 11 is 0. The van der Waals surface area contributed by atoms with Crippen LogP contribution in [0.25, 0.3) is 0 Å². The molecular formula is C17H13BF2N4O3. The number of hydrogen-bond acceptors (Lipinski definition) is 4. The topological polar surface area (TPSA) is 89.2 Å². The van der Waals surface area contributed by atoms with Gasteiger partial charge in [-0.3, -0.25) is 4.79 Å². The van der Waals surface area contributed by atoms with E-state index in [0.29, 0.717) is 5.69 Å². The number of carboxylic acids is 1. The summed E-state index contributed by atoms with van der Waals surface area (Å²) in [4.78, 5) is 27.9. The van der Waals surface area contributed by atoms with Crippen LogP contribution in [0.1, 0.15) is 16.1 Å². The first kappa shape index (κ1) is 18.4. The molecule has 0 aliphatic rings. The average molecular weight is 370 g/mol. The fourth-order valence-corrected chi connectivity index (χ4v) is 2.52. The molecule has 0 unspecified atom stereocenters. The Labute approximate surface area is 153 Å². The maximum Gasteiger partial charge on any atom is 0.339 e. The molecule has 0 saturated heterocycles.